The van der Waals surface area contributed by atoms with E-state index in [0.29, 0.717) is 6.42 Å². The predicted molar refractivity (Wildman–Crippen MR) is 78.9 cm³/mol. The first-order valence-corrected chi connectivity index (χ1v) is 7.38. The van der Waals surface area contributed by atoms with Gasteiger partial charge < -0.3 is 0 Å². The Balaban J connectivity index is 2.27. The summed E-state index contributed by atoms with van der Waals surface area (Å²) >= 11 is 0. The van der Waals surface area contributed by atoms with E-state index in [-0.39, 0.29) is 5.91 Å². The zero-order valence-corrected chi connectivity index (χ0v) is 11.8. The average molecular weight is 255 g/mol. The van der Waals surface area contributed by atoms with Crippen LogP contribution in [0.25, 0.3) is 10.9 Å². The third kappa shape index (κ3) is 1.99. The van der Waals surface area contributed by atoms with Gasteiger partial charge in [0.25, 0.3) is 0 Å². The van der Waals surface area contributed by atoms with Crippen LogP contribution in [0, 0.1) is 6.92 Å². The van der Waals surface area contributed by atoms with Crippen LogP contribution in [0.2, 0.25) is 0 Å². The number of rotatable bonds is 2. The number of hydrogen-bond donors (Lipinski definition) is 0. The number of aromatic nitrogens is 1. The van der Waals surface area contributed by atoms with E-state index in [0.717, 1.165) is 24.8 Å². The molecule has 1 aliphatic carbocycles. The summed E-state index contributed by atoms with van der Waals surface area (Å²) in [5, 5.41) is 1.30. The van der Waals surface area contributed by atoms with Crippen molar-refractivity contribution in [3.05, 3.63) is 35.0 Å². The van der Waals surface area contributed by atoms with Crippen molar-refractivity contribution in [1.82, 2.24) is 4.57 Å². The molecule has 3 rings (SSSR count). The molecule has 1 aromatic carbocycles. The molecule has 2 aromatic rings. The van der Waals surface area contributed by atoms with E-state index < -0.39 is 0 Å². The van der Waals surface area contributed by atoms with Crippen LogP contribution in [-0.4, -0.2) is 10.5 Å². The number of nitrogens with zero attached hydrogens (tertiary/aromatic N) is 1. The molecule has 2 nitrogen and oxygen atoms in total. The number of carbonyl (C=O) groups excluding carboxylic acids is 1. The molecule has 0 aliphatic heterocycles. The monoisotopic (exact) mass is 255 g/mol. The molecule has 0 saturated heterocycles. The van der Waals surface area contributed by atoms with Crippen LogP contribution in [0.3, 0.4) is 0 Å². The van der Waals surface area contributed by atoms with Crippen LogP contribution in [-0.2, 0) is 12.8 Å². The van der Waals surface area contributed by atoms with Crippen molar-refractivity contribution in [3.63, 3.8) is 0 Å². The molecule has 1 heterocycles. The Hall–Kier alpha value is -1.57. The first-order valence-electron chi connectivity index (χ1n) is 7.38. The molecule has 0 amide bonds. The van der Waals surface area contributed by atoms with Crippen molar-refractivity contribution in [2.75, 3.05) is 0 Å². The summed E-state index contributed by atoms with van der Waals surface area (Å²) in [6, 6.07) is 6.48. The summed E-state index contributed by atoms with van der Waals surface area (Å²) in [5.41, 5.74) is 5.11. The van der Waals surface area contributed by atoms with Gasteiger partial charge in [-0.1, -0.05) is 18.6 Å². The van der Waals surface area contributed by atoms with Gasteiger partial charge in [-0.15, -0.1) is 0 Å². The van der Waals surface area contributed by atoms with E-state index in [1.54, 1.807) is 0 Å². The molecule has 0 radical (unpaired) electrons. The van der Waals surface area contributed by atoms with Gasteiger partial charge in [-0.25, -0.2) is 0 Å². The van der Waals surface area contributed by atoms with Crippen LogP contribution < -0.4 is 0 Å². The van der Waals surface area contributed by atoms with E-state index in [9.17, 15) is 4.79 Å². The molecule has 19 heavy (non-hydrogen) atoms. The SMILES string of the molecule is CCCC(=O)n1c2c(c3cc(C)ccc31)CCCC2. The van der Waals surface area contributed by atoms with Gasteiger partial charge in [-0.3, -0.25) is 9.36 Å². The van der Waals surface area contributed by atoms with Gasteiger partial charge in [-0.2, -0.15) is 0 Å². The summed E-state index contributed by atoms with van der Waals surface area (Å²) in [7, 11) is 0. The van der Waals surface area contributed by atoms with Crippen LogP contribution in [0.1, 0.15) is 54.2 Å². The largest absolute Gasteiger partial charge is 0.284 e. The van der Waals surface area contributed by atoms with Gasteiger partial charge in [-0.05, 0) is 56.7 Å². The van der Waals surface area contributed by atoms with Crippen molar-refractivity contribution in [2.45, 2.75) is 52.4 Å². The number of aryl methyl sites for hydroxylation is 2. The third-order valence-corrected chi connectivity index (χ3v) is 4.14. The Morgan fingerprint density at radius 1 is 1.26 bits per heavy atom. The molecule has 1 aromatic heterocycles. The van der Waals surface area contributed by atoms with Crippen molar-refractivity contribution >= 4 is 16.8 Å². The zero-order valence-electron chi connectivity index (χ0n) is 11.8. The van der Waals surface area contributed by atoms with E-state index in [4.69, 9.17) is 0 Å². The van der Waals surface area contributed by atoms with Crippen molar-refractivity contribution in [1.29, 1.82) is 0 Å². The quantitative estimate of drug-likeness (QED) is 0.785. The fraction of sp³-hybridized carbons (Fsp3) is 0.471. The average Bonchev–Trinajstić information content (AvgIpc) is 2.73. The second kappa shape index (κ2) is 4.84. The minimum atomic E-state index is 0.263. The molecule has 0 unspecified atom stereocenters. The summed E-state index contributed by atoms with van der Waals surface area (Å²) in [6.07, 6.45) is 6.20. The van der Waals surface area contributed by atoms with Crippen LogP contribution >= 0.6 is 0 Å². The lowest BCUT2D eigenvalue weighted by Crippen LogP contribution is -2.15. The lowest BCUT2D eigenvalue weighted by Gasteiger charge is -2.14. The normalized spacial score (nSPS) is 14.6. The summed E-state index contributed by atoms with van der Waals surface area (Å²) in [5.74, 6) is 0.263. The lowest BCUT2D eigenvalue weighted by atomic mass is 9.95. The first-order chi connectivity index (χ1) is 9.22. The van der Waals surface area contributed by atoms with Crippen molar-refractivity contribution in [2.24, 2.45) is 0 Å². The number of carbonyl (C=O) groups is 1. The van der Waals surface area contributed by atoms with Crippen LogP contribution in [0.15, 0.2) is 18.2 Å². The summed E-state index contributed by atoms with van der Waals surface area (Å²) < 4.78 is 2.01. The number of hydrogen-bond acceptors (Lipinski definition) is 1. The minimum Gasteiger partial charge on any atom is -0.284 e. The van der Waals surface area contributed by atoms with Gasteiger partial charge in [0.15, 0.2) is 0 Å². The Morgan fingerprint density at radius 3 is 2.84 bits per heavy atom. The van der Waals surface area contributed by atoms with Gasteiger partial charge in [0.2, 0.25) is 5.91 Å². The maximum absolute atomic E-state index is 12.4. The second-order valence-electron chi connectivity index (χ2n) is 5.63. The molecule has 0 N–H and O–H groups in total. The van der Waals surface area contributed by atoms with Crippen molar-refractivity contribution < 1.29 is 4.79 Å². The van der Waals surface area contributed by atoms with Crippen LogP contribution in [0.5, 0.6) is 0 Å². The van der Waals surface area contributed by atoms with E-state index in [2.05, 4.69) is 32.0 Å². The molecular formula is C17H21NO. The molecule has 0 atom stereocenters. The third-order valence-electron chi connectivity index (χ3n) is 4.14. The predicted octanol–water partition coefficient (Wildman–Crippen LogP) is 4.27. The maximum atomic E-state index is 12.4. The Labute approximate surface area is 114 Å². The topological polar surface area (TPSA) is 22.0 Å². The van der Waals surface area contributed by atoms with E-state index in [1.165, 1.54) is 35.0 Å². The smallest absolute Gasteiger partial charge is 0.231 e. The highest BCUT2D eigenvalue weighted by atomic mass is 16.2. The second-order valence-corrected chi connectivity index (χ2v) is 5.63. The molecule has 0 bridgehead atoms. The van der Waals surface area contributed by atoms with Gasteiger partial charge in [0.1, 0.15) is 0 Å². The number of benzene rings is 1. The Bertz CT molecular complexity index is 636. The van der Waals surface area contributed by atoms with Gasteiger partial charge in [0.05, 0.1) is 5.52 Å². The molecule has 1 aliphatic rings. The van der Waals surface area contributed by atoms with E-state index >= 15 is 0 Å². The highest BCUT2D eigenvalue weighted by Gasteiger charge is 2.22. The first kappa shape index (κ1) is 12.5. The molecule has 0 spiro atoms. The van der Waals surface area contributed by atoms with Gasteiger partial charge >= 0.3 is 0 Å². The summed E-state index contributed by atoms with van der Waals surface area (Å²) in [4.78, 5) is 12.4. The zero-order chi connectivity index (χ0) is 13.4. The minimum absolute atomic E-state index is 0.263. The Kier molecular flexibility index (Phi) is 3.17. The molecule has 2 heteroatoms. The highest BCUT2D eigenvalue weighted by Crippen LogP contribution is 2.33. The molecule has 0 fully saturated rings. The summed E-state index contributed by atoms with van der Waals surface area (Å²) in [6.45, 7) is 4.19. The van der Waals surface area contributed by atoms with Crippen molar-refractivity contribution in [3.8, 4) is 0 Å². The maximum Gasteiger partial charge on any atom is 0.231 e. The number of fused-ring (bicyclic) bond motifs is 3. The van der Waals surface area contributed by atoms with E-state index in [1.807, 2.05) is 4.57 Å². The molecule has 0 saturated carbocycles. The fourth-order valence-corrected chi connectivity index (χ4v) is 3.27. The standard InChI is InChI=1S/C17H21NO/c1-3-6-17(19)18-15-8-5-4-7-13(15)14-11-12(2)9-10-16(14)18/h9-11H,3-8H2,1-2H3. The molecule has 100 valence electrons. The van der Waals surface area contributed by atoms with Crippen LogP contribution in [0.4, 0.5) is 0 Å². The highest BCUT2D eigenvalue weighted by molar-refractivity contribution is 5.96. The lowest BCUT2D eigenvalue weighted by molar-refractivity contribution is 0.0903. The fourth-order valence-electron chi connectivity index (χ4n) is 3.27. The Morgan fingerprint density at radius 2 is 2.05 bits per heavy atom. The molecular weight excluding hydrogens is 234 g/mol. The van der Waals surface area contributed by atoms with Gasteiger partial charge in [0, 0.05) is 17.5 Å².